The van der Waals surface area contributed by atoms with Crippen LogP contribution in [0.5, 0.6) is 0 Å². The van der Waals surface area contributed by atoms with E-state index in [1.165, 1.54) is 31.3 Å². The van der Waals surface area contributed by atoms with Gasteiger partial charge in [0.2, 0.25) is 5.91 Å². The molecule has 0 aliphatic carbocycles. The van der Waals surface area contributed by atoms with Crippen LogP contribution in [-0.2, 0) is 4.79 Å². The summed E-state index contributed by atoms with van der Waals surface area (Å²) >= 11 is 0. The molecule has 2 N–H and O–H groups in total. The predicted molar refractivity (Wildman–Crippen MR) is 77.2 cm³/mol. The van der Waals surface area contributed by atoms with Crippen molar-refractivity contribution in [3.63, 3.8) is 0 Å². The third kappa shape index (κ3) is 4.55. The van der Waals surface area contributed by atoms with Crippen molar-refractivity contribution in [2.24, 2.45) is 5.92 Å². The maximum absolute atomic E-state index is 13.3. The van der Waals surface area contributed by atoms with Crippen molar-refractivity contribution in [2.45, 2.75) is 45.2 Å². The first-order valence-corrected chi connectivity index (χ1v) is 7.08. The van der Waals surface area contributed by atoms with Gasteiger partial charge in [-0.05, 0) is 25.0 Å². The van der Waals surface area contributed by atoms with Crippen LogP contribution in [0.2, 0.25) is 0 Å². The lowest BCUT2D eigenvalue weighted by Crippen LogP contribution is -2.72. The van der Waals surface area contributed by atoms with E-state index in [0.29, 0.717) is 5.56 Å². The highest BCUT2D eigenvalue weighted by Gasteiger charge is 2.72. The van der Waals surface area contributed by atoms with Gasteiger partial charge in [0, 0.05) is 12.1 Å². The SMILES string of the molecule is Cc1ccc(NC(NC(=O)CC(C)C)(C(F)(F)F)C(F)(F)F)cc1. The average molecular weight is 356 g/mol. The van der Waals surface area contributed by atoms with Gasteiger partial charge in [0.15, 0.2) is 0 Å². The second-order valence-corrected chi connectivity index (χ2v) is 5.88. The smallest absolute Gasteiger partial charge is 0.348 e. The molecule has 0 radical (unpaired) electrons. The average Bonchev–Trinajstić information content (AvgIpc) is 2.36. The minimum atomic E-state index is -5.80. The second-order valence-electron chi connectivity index (χ2n) is 5.88. The molecule has 0 bridgehead atoms. The van der Waals surface area contributed by atoms with Gasteiger partial charge in [-0.15, -0.1) is 0 Å². The predicted octanol–water partition coefficient (Wildman–Crippen LogP) is 4.39. The highest BCUT2D eigenvalue weighted by Crippen LogP contribution is 2.43. The summed E-state index contributed by atoms with van der Waals surface area (Å²) in [6.07, 6.45) is -12.1. The molecule has 0 aliphatic heterocycles. The van der Waals surface area contributed by atoms with Gasteiger partial charge in [-0.2, -0.15) is 26.3 Å². The van der Waals surface area contributed by atoms with E-state index in [0.717, 1.165) is 17.4 Å². The van der Waals surface area contributed by atoms with E-state index in [9.17, 15) is 31.1 Å². The number of carbonyl (C=O) groups excluding carboxylic acids is 1. The molecule has 3 nitrogen and oxygen atoms in total. The Labute approximate surface area is 135 Å². The van der Waals surface area contributed by atoms with Gasteiger partial charge in [-0.25, -0.2) is 0 Å². The standard InChI is InChI=1S/C15H18F6N2O/c1-9(2)8-12(24)23-13(14(16,17)18,15(19,20)21)22-11-6-4-10(3)5-7-11/h4-7,9,22H,8H2,1-3H3,(H,23,24). The number of benzene rings is 1. The van der Waals surface area contributed by atoms with Crippen LogP contribution < -0.4 is 10.6 Å². The molecular formula is C15H18F6N2O. The number of halogens is 6. The van der Waals surface area contributed by atoms with Crippen molar-refractivity contribution in [1.82, 2.24) is 5.32 Å². The van der Waals surface area contributed by atoms with Crippen molar-refractivity contribution in [3.8, 4) is 0 Å². The summed E-state index contributed by atoms with van der Waals surface area (Å²) in [5.41, 5.74) is -4.32. The number of amides is 1. The third-order valence-electron chi connectivity index (χ3n) is 3.15. The topological polar surface area (TPSA) is 41.1 Å². The number of carbonyl (C=O) groups is 1. The summed E-state index contributed by atoms with van der Waals surface area (Å²) < 4.78 is 80.0. The van der Waals surface area contributed by atoms with Crippen LogP contribution in [0.1, 0.15) is 25.8 Å². The monoisotopic (exact) mass is 356 g/mol. The first kappa shape index (κ1) is 20.1. The van der Waals surface area contributed by atoms with Crippen molar-refractivity contribution in [2.75, 3.05) is 5.32 Å². The normalized spacial score (nSPS) is 13.1. The first-order valence-electron chi connectivity index (χ1n) is 7.08. The Morgan fingerprint density at radius 2 is 1.46 bits per heavy atom. The molecule has 0 fully saturated rings. The van der Waals surface area contributed by atoms with E-state index >= 15 is 0 Å². The number of nitrogens with one attached hydrogen (secondary N) is 2. The Bertz CT molecular complexity index is 549. The van der Waals surface area contributed by atoms with E-state index in [2.05, 4.69) is 0 Å². The Kier molecular flexibility index (Phi) is 5.78. The fourth-order valence-corrected chi connectivity index (χ4v) is 1.96. The molecule has 136 valence electrons. The Morgan fingerprint density at radius 1 is 1.00 bits per heavy atom. The molecule has 0 aromatic heterocycles. The minimum Gasteiger partial charge on any atom is -0.348 e. The lowest BCUT2D eigenvalue weighted by Gasteiger charge is -2.39. The molecule has 9 heteroatoms. The molecule has 0 saturated heterocycles. The van der Waals surface area contributed by atoms with Crippen LogP contribution in [0.25, 0.3) is 0 Å². The molecule has 0 atom stereocenters. The summed E-state index contributed by atoms with van der Waals surface area (Å²) in [7, 11) is 0. The van der Waals surface area contributed by atoms with Crippen LogP contribution in [0.15, 0.2) is 24.3 Å². The van der Waals surface area contributed by atoms with E-state index in [1.54, 1.807) is 6.92 Å². The molecule has 0 unspecified atom stereocenters. The Morgan fingerprint density at radius 3 is 1.83 bits per heavy atom. The van der Waals surface area contributed by atoms with Gasteiger partial charge in [-0.1, -0.05) is 31.5 Å². The largest absolute Gasteiger partial charge is 0.439 e. The van der Waals surface area contributed by atoms with Crippen LogP contribution in [0, 0.1) is 12.8 Å². The van der Waals surface area contributed by atoms with Crippen molar-refractivity contribution in [1.29, 1.82) is 0 Å². The van der Waals surface area contributed by atoms with Gasteiger partial charge in [0.1, 0.15) is 0 Å². The van der Waals surface area contributed by atoms with Gasteiger partial charge < -0.3 is 10.6 Å². The fourth-order valence-electron chi connectivity index (χ4n) is 1.96. The fraction of sp³-hybridized carbons (Fsp3) is 0.533. The lowest BCUT2D eigenvalue weighted by molar-refractivity contribution is -0.296. The summed E-state index contributed by atoms with van der Waals surface area (Å²) in [6.45, 7) is 4.65. The van der Waals surface area contributed by atoms with Crippen molar-refractivity contribution in [3.05, 3.63) is 29.8 Å². The number of hydrogen-bond donors (Lipinski definition) is 2. The summed E-state index contributed by atoms with van der Waals surface area (Å²) in [5, 5.41) is 2.53. The summed E-state index contributed by atoms with van der Waals surface area (Å²) in [6, 6.07) is 4.87. The Balaban J connectivity index is 3.31. The molecule has 1 aromatic rings. The third-order valence-corrected chi connectivity index (χ3v) is 3.15. The number of hydrogen-bond acceptors (Lipinski definition) is 2. The Hall–Kier alpha value is -1.93. The van der Waals surface area contributed by atoms with Gasteiger partial charge in [0.05, 0.1) is 0 Å². The van der Waals surface area contributed by atoms with Crippen LogP contribution >= 0.6 is 0 Å². The van der Waals surface area contributed by atoms with Crippen LogP contribution in [0.4, 0.5) is 32.0 Å². The zero-order valence-corrected chi connectivity index (χ0v) is 13.3. The highest BCUT2D eigenvalue weighted by atomic mass is 19.4. The zero-order valence-electron chi connectivity index (χ0n) is 13.3. The number of rotatable bonds is 5. The van der Waals surface area contributed by atoms with Crippen molar-refractivity contribution < 1.29 is 31.1 Å². The van der Waals surface area contributed by atoms with Crippen LogP contribution in [-0.4, -0.2) is 23.9 Å². The molecule has 24 heavy (non-hydrogen) atoms. The van der Waals surface area contributed by atoms with Gasteiger partial charge in [0.25, 0.3) is 0 Å². The van der Waals surface area contributed by atoms with E-state index < -0.39 is 41.9 Å². The molecule has 0 heterocycles. The molecule has 0 spiro atoms. The van der Waals surface area contributed by atoms with Crippen LogP contribution in [0.3, 0.4) is 0 Å². The summed E-state index contributed by atoms with van der Waals surface area (Å²) in [5.74, 6) is -1.75. The highest BCUT2D eigenvalue weighted by molar-refractivity contribution is 5.78. The molecule has 1 amide bonds. The van der Waals surface area contributed by atoms with Gasteiger partial charge >= 0.3 is 18.0 Å². The number of anilines is 1. The van der Waals surface area contributed by atoms with Gasteiger partial charge in [-0.3, -0.25) is 4.79 Å². The van der Waals surface area contributed by atoms with E-state index in [-0.39, 0.29) is 0 Å². The number of aryl methyl sites for hydroxylation is 1. The number of alkyl halides is 6. The quantitative estimate of drug-likeness (QED) is 0.607. The molecule has 1 rings (SSSR count). The minimum absolute atomic E-state index is 0.399. The molecular weight excluding hydrogens is 338 g/mol. The maximum atomic E-state index is 13.3. The molecule has 0 aliphatic rings. The zero-order chi connectivity index (χ0) is 18.8. The summed E-state index contributed by atoms with van der Waals surface area (Å²) in [4.78, 5) is 11.7. The maximum Gasteiger partial charge on any atom is 0.439 e. The molecule has 0 saturated carbocycles. The van der Waals surface area contributed by atoms with E-state index in [1.807, 2.05) is 0 Å². The second kappa shape index (κ2) is 6.90. The van der Waals surface area contributed by atoms with Crippen molar-refractivity contribution >= 4 is 11.6 Å². The first-order chi connectivity index (χ1) is 10.8. The lowest BCUT2D eigenvalue weighted by atomic mass is 10.1. The molecule has 1 aromatic carbocycles. The van der Waals surface area contributed by atoms with E-state index in [4.69, 9.17) is 0 Å².